The number of methoxy groups -OCH3 is 1. The second-order valence-electron chi connectivity index (χ2n) is 8.68. The highest BCUT2D eigenvalue weighted by atomic mass is 19.2. The van der Waals surface area contributed by atoms with Crippen LogP contribution in [-0.2, 0) is 20.7 Å². The Bertz CT molecular complexity index is 1110. The highest BCUT2D eigenvalue weighted by Gasteiger charge is 2.21. The molecule has 2 atom stereocenters. The van der Waals surface area contributed by atoms with Crippen molar-refractivity contribution in [2.75, 3.05) is 32.2 Å². The van der Waals surface area contributed by atoms with E-state index in [0.717, 1.165) is 5.56 Å². The fourth-order valence-electron chi connectivity index (χ4n) is 3.72. The summed E-state index contributed by atoms with van der Waals surface area (Å²) in [5.74, 6) is -0.0456. The van der Waals surface area contributed by atoms with Crippen molar-refractivity contribution in [2.24, 2.45) is 0 Å². The molecule has 0 amide bonds. The van der Waals surface area contributed by atoms with Crippen molar-refractivity contribution in [1.29, 1.82) is 0 Å². The smallest absolute Gasteiger partial charge is 0.307 e. The standard InChI is InChI=1S/C29H37FN2O7/c1-5-9-24(16-21(2)38-20-33)19-37-28-26(36-4)12-14-31-29(28)32(30)15-13-27(35)39-22(3)17-25(34)18-23-10-7-6-8-11-23/h5-12,14,16,22,25,33-34H,1,13,15,17-20H2,2-4H3/b21-16+,24-9+. The summed E-state index contributed by atoms with van der Waals surface area (Å²) in [7, 11) is 1.42. The normalized spacial score (nSPS) is 13.3. The highest BCUT2D eigenvalue weighted by Crippen LogP contribution is 2.36. The second-order valence-corrected chi connectivity index (χ2v) is 8.68. The highest BCUT2D eigenvalue weighted by molar-refractivity contribution is 5.70. The number of carbonyl (C=O) groups excluding carboxylic acids is 1. The van der Waals surface area contributed by atoms with Gasteiger partial charge in [-0.05, 0) is 37.5 Å². The molecule has 0 aliphatic carbocycles. The zero-order chi connectivity index (χ0) is 28.6. The maximum Gasteiger partial charge on any atom is 0.307 e. The first kappa shape index (κ1) is 31.3. The number of aromatic nitrogens is 1. The van der Waals surface area contributed by atoms with Gasteiger partial charge in [0.1, 0.15) is 12.7 Å². The molecule has 1 aromatic carbocycles. The molecule has 0 bridgehead atoms. The van der Waals surface area contributed by atoms with E-state index >= 15 is 4.48 Å². The van der Waals surface area contributed by atoms with Gasteiger partial charge in [-0.25, -0.2) is 4.98 Å². The van der Waals surface area contributed by atoms with E-state index in [1.165, 1.54) is 19.4 Å². The Balaban J connectivity index is 1.97. The molecule has 0 fully saturated rings. The van der Waals surface area contributed by atoms with Crippen molar-refractivity contribution in [1.82, 2.24) is 4.98 Å². The summed E-state index contributed by atoms with van der Waals surface area (Å²) in [6.07, 6.45) is 5.46. The quantitative estimate of drug-likeness (QED) is 0.0981. The molecule has 0 aliphatic heterocycles. The van der Waals surface area contributed by atoms with Crippen LogP contribution in [0.5, 0.6) is 11.5 Å². The Labute approximate surface area is 228 Å². The molecule has 0 radical (unpaired) electrons. The second kappa shape index (κ2) is 16.8. The summed E-state index contributed by atoms with van der Waals surface area (Å²) in [4.78, 5) is 16.4. The summed E-state index contributed by atoms with van der Waals surface area (Å²) in [5, 5.41) is 19.5. The number of nitrogens with zero attached hydrogens (tertiary/aromatic N) is 2. The molecule has 2 unspecified atom stereocenters. The Hall–Kier alpha value is -3.89. The van der Waals surface area contributed by atoms with Gasteiger partial charge in [0.25, 0.3) is 0 Å². The first-order valence-electron chi connectivity index (χ1n) is 12.5. The van der Waals surface area contributed by atoms with Gasteiger partial charge in [-0.2, -0.15) is 5.12 Å². The summed E-state index contributed by atoms with van der Waals surface area (Å²) in [5.41, 5.74) is 1.61. The van der Waals surface area contributed by atoms with E-state index < -0.39 is 25.0 Å². The molecule has 1 aromatic heterocycles. The molecular weight excluding hydrogens is 507 g/mol. The Kier molecular flexibility index (Phi) is 13.5. The number of hydrogen-bond acceptors (Lipinski definition) is 9. The maximum absolute atomic E-state index is 15.1. The average molecular weight is 545 g/mol. The minimum Gasteiger partial charge on any atom is -0.493 e. The molecule has 2 N–H and O–H groups in total. The fourth-order valence-corrected chi connectivity index (χ4v) is 3.72. The zero-order valence-corrected chi connectivity index (χ0v) is 22.6. The molecule has 0 spiro atoms. The SMILES string of the molecule is C=C/C=C(\C=C(/C)OCO)COc1c(OC)ccnc1N(F)CCC(=O)OC(C)CC(O)Cc1ccccc1. The Morgan fingerprint density at radius 3 is 2.67 bits per heavy atom. The number of aliphatic hydroxyl groups excluding tert-OH is 2. The first-order chi connectivity index (χ1) is 18.8. The van der Waals surface area contributed by atoms with Crippen molar-refractivity contribution in [3.63, 3.8) is 0 Å². The number of ether oxygens (including phenoxy) is 4. The van der Waals surface area contributed by atoms with Gasteiger partial charge in [-0.15, -0.1) is 0 Å². The number of carbonyl (C=O) groups is 1. The van der Waals surface area contributed by atoms with Gasteiger partial charge in [-0.3, -0.25) is 4.79 Å². The Morgan fingerprint density at radius 2 is 2.00 bits per heavy atom. The van der Waals surface area contributed by atoms with Crippen LogP contribution < -0.4 is 14.6 Å². The zero-order valence-electron chi connectivity index (χ0n) is 22.6. The largest absolute Gasteiger partial charge is 0.493 e. The lowest BCUT2D eigenvalue weighted by Crippen LogP contribution is -2.25. The van der Waals surface area contributed by atoms with Crippen molar-refractivity contribution in [3.8, 4) is 11.5 Å². The van der Waals surface area contributed by atoms with Crippen molar-refractivity contribution in [3.05, 3.63) is 84.3 Å². The molecule has 2 rings (SSSR count). The topological polar surface area (TPSA) is 111 Å². The van der Waals surface area contributed by atoms with Gasteiger partial charge in [0.15, 0.2) is 12.5 Å². The molecular formula is C29H37FN2O7. The van der Waals surface area contributed by atoms with Crippen LogP contribution in [-0.4, -0.2) is 60.4 Å². The number of esters is 1. The van der Waals surface area contributed by atoms with Gasteiger partial charge in [-0.1, -0.05) is 53.5 Å². The predicted octanol–water partition coefficient (Wildman–Crippen LogP) is 4.46. The van der Waals surface area contributed by atoms with Crippen LogP contribution in [0, 0.1) is 0 Å². The number of anilines is 1. The van der Waals surface area contributed by atoms with Gasteiger partial charge >= 0.3 is 5.97 Å². The summed E-state index contributed by atoms with van der Waals surface area (Å²) < 4.78 is 36.7. The average Bonchev–Trinajstić information content (AvgIpc) is 2.90. The van der Waals surface area contributed by atoms with Crippen molar-refractivity contribution in [2.45, 2.75) is 45.3 Å². The van der Waals surface area contributed by atoms with Crippen molar-refractivity contribution < 1.29 is 38.4 Å². The van der Waals surface area contributed by atoms with Crippen LogP contribution >= 0.6 is 0 Å². The van der Waals surface area contributed by atoms with Gasteiger partial charge < -0.3 is 29.2 Å². The van der Waals surface area contributed by atoms with Gasteiger partial charge in [0.2, 0.25) is 11.6 Å². The molecule has 9 nitrogen and oxygen atoms in total. The third kappa shape index (κ3) is 11.2. The maximum atomic E-state index is 15.1. The number of halogens is 1. The summed E-state index contributed by atoms with van der Waals surface area (Å²) in [6, 6.07) is 11.0. The van der Waals surface area contributed by atoms with E-state index in [1.807, 2.05) is 30.3 Å². The minimum atomic E-state index is -0.678. The monoisotopic (exact) mass is 544 g/mol. The number of aliphatic hydroxyl groups is 2. The first-order valence-corrected chi connectivity index (χ1v) is 12.5. The number of allylic oxidation sites excluding steroid dienone is 3. The van der Waals surface area contributed by atoms with Crippen molar-refractivity contribution >= 4 is 11.8 Å². The van der Waals surface area contributed by atoms with E-state index in [9.17, 15) is 9.90 Å². The van der Waals surface area contributed by atoms with Crippen LogP contribution in [0.3, 0.4) is 0 Å². The number of rotatable bonds is 17. The van der Waals surface area contributed by atoms with E-state index in [0.29, 0.717) is 22.9 Å². The van der Waals surface area contributed by atoms with Crippen LogP contribution in [0.25, 0.3) is 0 Å². The fraction of sp³-hybridized carbons (Fsp3) is 0.379. The van der Waals surface area contributed by atoms with Crippen LogP contribution in [0.1, 0.15) is 32.3 Å². The van der Waals surface area contributed by atoms with Crippen LogP contribution in [0.2, 0.25) is 0 Å². The van der Waals surface area contributed by atoms with E-state index in [4.69, 9.17) is 24.1 Å². The molecule has 1 heterocycles. The van der Waals surface area contributed by atoms with Crippen LogP contribution in [0.4, 0.5) is 10.3 Å². The molecule has 0 saturated heterocycles. The van der Waals surface area contributed by atoms with Gasteiger partial charge in [0.05, 0.1) is 31.9 Å². The lowest BCUT2D eigenvalue weighted by atomic mass is 10.0. The molecule has 0 aliphatic rings. The number of benzene rings is 1. The lowest BCUT2D eigenvalue weighted by molar-refractivity contribution is -0.149. The van der Waals surface area contributed by atoms with E-state index in [1.54, 1.807) is 32.1 Å². The number of hydrogen-bond donors (Lipinski definition) is 2. The lowest BCUT2D eigenvalue weighted by Gasteiger charge is -2.20. The third-order valence-corrected chi connectivity index (χ3v) is 5.46. The van der Waals surface area contributed by atoms with E-state index in [-0.39, 0.29) is 43.3 Å². The molecule has 39 heavy (non-hydrogen) atoms. The molecule has 212 valence electrons. The molecule has 2 aromatic rings. The Morgan fingerprint density at radius 1 is 1.26 bits per heavy atom. The minimum absolute atomic E-state index is 0.00803. The van der Waals surface area contributed by atoms with Gasteiger partial charge in [0, 0.05) is 18.7 Å². The van der Waals surface area contributed by atoms with E-state index in [2.05, 4.69) is 11.6 Å². The summed E-state index contributed by atoms with van der Waals surface area (Å²) >= 11 is 0. The summed E-state index contributed by atoms with van der Waals surface area (Å²) in [6.45, 7) is 6.20. The third-order valence-electron chi connectivity index (χ3n) is 5.46. The molecule has 0 saturated carbocycles. The molecule has 10 heteroatoms. The number of pyridine rings is 1. The predicted molar refractivity (Wildman–Crippen MR) is 146 cm³/mol. The van der Waals surface area contributed by atoms with Crippen LogP contribution in [0.15, 0.2) is 78.7 Å².